The normalized spacial score (nSPS) is 11.0. The van der Waals surface area contributed by atoms with Crippen molar-refractivity contribution in [3.05, 3.63) is 58.1 Å². The SMILES string of the molecule is N#Cc1ccc(NS(=O)(=O)c2ccc(F)cc2Br)c(F)c1. The Bertz CT molecular complexity index is 848. The summed E-state index contributed by atoms with van der Waals surface area (Å²) in [6, 6.07) is 8.10. The Labute approximate surface area is 128 Å². The van der Waals surface area contributed by atoms with E-state index in [2.05, 4.69) is 15.9 Å². The van der Waals surface area contributed by atoms with E-state index in [9.17, 15) is 17.2 Å². The van der Waals surface area contributed by atoms with Crippen molar-refractivity contribution in [2.45, 2.75) is 4.90 Å². The second-order valence-electron chi connectivity index (χ2n) is 3.99. The number of nitriles is 1. The molecule has 21 heavy (non-hydrogen) atoms. The third-order valence-corrected chi connectivity index (χ3v) is 4.87. The molecule has 108 valence electrons. The molecule has 2 aromatic rings. The minimum Gasteiger partial charge on any atom is -0.277 e. The van der Waals surface area contributed by atoms with Gasteiger partial charge in [-0.15, -0.1) is 0 Å². The van der Waals surface area contributed by atoms with Gasteiger partial charge in [0.1, 0.15) is 16.5 Å². The number of nitrogens with one attached hydrogen (secondary N) is 1. The summed E-state index contributed by atoms with van der Waals surface area (Å²) in [6.45, 7) is 0. The molecule has 8 heteroatoms. The van der Waals surface area contributed by atoms with Gasteiger partial charge in [-0.2, -0.15) is 5.26 Å². The molecule has 0 aliphatic carbocycles. The van der Waals surface area contributed by atoms with Gasteiger partial charge in [-0.1, -0.05) is 0 Å². The van der Waals surface area contributed by atoms with E-state index in [4.69, 9.17) is 5.26 Å². The molecule has 0 saturated carbocycles. The second-order valence-corrected chi connectivity index (χ2v) is 6.49. The fraction of sp³-hybridized carbons (Fsp3) is 0. The lowest BCUT2D eigenvalue weighted by Crippen LogP contribution is -2.14. The Morgan fingerprint density at radius 2 is 1.86 bits per heavy atom. The highest BCUT2D eigenvalue weighted by atomic mass is 79.9. The minimum atomic E-state index is -4.09. The number of halogens is 3. The average Bonchev–Trinajstić information content (AvgIpc) is 2.40. The lowest BCUT2D eigenvalue weighted by Gasteiger charge is -2.10. The zero-order valence-electron chi connectivity index (χ0n) is 10.3. The van der Waals surface area contributed by atoms with Crippen molar-refractivity contribution < 1.29 is 17.2 Å². The molecule has 0 saturated heterocycles. The second kappa shape index (κ2) is 5.79. The van der Waals surface area contributed by atoms with Crippen LogP contribution >= 0.6 is 15.9 Å². The lowest BCUT2D eigenvalue weighted by molar-refractivity contribution is 0.596. The summed E-state index contributed by atoms with van der Waals surface area (Å²) in [6.07, 6.45) is 0. The highest BCUT2D eigenvalue weighted by Gasteiger charge is 2.19. The Morgan fingerprint density at radius 1 is 1.14 bits per heavy atom. The topological polar surface area (TPSA) is 70.0 Å². The largest absolute Gasteiger partial charge is 0.277 e. The molecule has 0 bridgehead atoms. The van der Waals surface area contributed by atoms with Crippen LogP contribution in [-0.2, 0) is 10.0 Å². The van der Waals surface area contributed by atoms with E-state index in [1.54, 1.807) is 6.07 Å². The summed E-state index contributed by atoms with van der Waals surface area (Å²) in [7, 11) is -4.09. The fourth-order valence-corrected chi connectivity index (χ4v) is 3.68. The van der Waals surface area contributed by atoms with Crippen LogP contribution in [-0.4, -0.2) is 8.42 Å². The van der Waals surface area contributed by atoms with Gasteiger partial charge in [-0.3, -0.25) is 4.72 Å². The standard InChI is InChI=1S/C13H7BrF2N2O2S/c14-10-6-9(15)2-4-13(10)21(19,20)18-12-3-1-8(7-17)5-11(12)16/h1-6,18H. The van der Waals surface area contributed by atoms with E-state index in [0.717, 1.165) is 30.3 Å². The molecule has 0 amide bonds. The molecule has 0 fully saturated rings. The van der Waals surface area contributed by atoms with Crippen molar-refractivity contribution in [1.82, 2.24) is 0 Å². The van der Waals surface area contributed by atoms with Gasteiger partial charge in [-0.05, 0) is 52.3 Å². The summed E-state index contributed by atoms with van der Waals surface area (Å²) in [5.74, 6) is -1.48. The molecule has 0 radical (unpaired) electrons. The number of hydrogen-bond acceptors (Lipinski definition) is 3. The third kappa shape index (κ3) is 3.37. The molecule has 1 N–H and O–H groups in total. The maximum Gasteiger partial charge on any atom is 0.263 e. The minimum absolute atomic E-state index is 0.0176. The number of hydrogen-bond donors (Lipinski definition) is 1. The first-order valence-corrected chi connectivity index (χ1v) is 7.78. The first kappa shape index (κ1) is 15.4. The quantitative estimate of drug-likeness (QED) is 0.897. The molecule has 0 aromatic heterocycles. The van der Waals surface area contributed by atoms with Crippen LogP contribution in [0.1, 0.15) is 5.56 Å². The van der Waals surface area contributed by atoms with E-state index >= 15 is 0 Å². The van der Waals surface area contributed by atoms with Crippen LogP contribution in [0.2, 0.25) is 0 Å². The first-order valence-electron chi connectivity index (χ1n) is 5.51. The van der Waals surface area contributed by atoms with Gasteiger partial charge in [0, 0.05) is 4.47 Å². The van der Waals surface area contributed by atoms with Gasteiger partial charge in [0.25, 0.3) is 10.0 Å². The lowest BCUT2D eigenvalue weighted by atomic mass is 10.2. The number of sulfonamides is 1. The van der Waals surface area contributed by atoms with E-state index in [-0.39, 0.29) is 20.6 Å². The summed E-state index contributed by atoms with van der Waals surface area (Å²) in [5.41, 5.74) is -0.233. The fourth-order valence-electron chi connectivity index (χ4n) is 1.56. The summed E-state index contributed by atoms with van der Waals surface area (Å²) in [4.78, 5) is -0.229. The van der Waals surface area contributed by atoms with Crippen LogP contribution in [0, 0.1) is 23.0 Å². The van der Waals surface area contributed by atoms with E-state index in [1.165, 1.54) is 6.07 Å². The Morgan fingerprint density at radius 3 is 2.43 bits per heavy atom. The molecule has 0 heterocycles. The molecular weight excluding hydrogens is 366 g/mol. The number of anilines is 1. The van der Waals surface area contributed by atoms with Gasteiger partial charge in [0.15, 0.2) is 0 Å². The monoisotopic (exact) mass is 372 g/mol. The Kier molecular flexibility index (Phi) is 4.25. The molecule has 0 aliphatic rings. The van der Waals surface area contributed by atoms with Gasteiger partial charge < -0.3 is 0 Å². The van der Waals surface area contributed by atoms with Crippen LogP contribution in [0.5, 0.6) is 0 Å². The van der Waals surface area contributed by atoms with E-state index < -0.39 is 21.7 Å². The highest BCUT2D eigenvalue weighted by Crippen LogP contribution is 2.26. The van der Waals surface area contributed by atoms with Gasteiger partial charge in [0.05, 0.1) is 17.3 Å². The van der Waals surface area contributed by atoms with Crippen LogP contribution in [0.25, 0.3) is 0 Å². The van der Waals surface area contributed by atoms with Crippen molar-refractivity contribution in [3.63, 3.8) is 0 Å². The zero-order chi connectivity index (χ0) is 15.6. The van der Waals surface area contributed by atoms with Crippen molar-refractivity contribution in [3.8, 4) is 6.07 Å². The number of rotatable bonds is 3. The van der Waals surface area contributed by atoms with Crippen LogP contribution in [0.3, 0.4) is 0 Å². The van der Waals surface area contributed by atoms with Crippen molar-refractivity contribution in [1.29, 1.82) is 5.26 Å². The molecule has 2 rings (SSSR count). The molecule has 0 spiro atoms. The molecule has 0 unspecified atom stereocenters. The van der Waals surface area contributed by atoms with Gasteiger partial charge in [-0.25, -0.2) is 17.2 Å². The summed E-state index contributed by atoms with van der Waals surface area (Å²) < 4.78 is 53.0. The Hall–Kier alpha value is -1.98. The summed E-state index contributed by atoms with van der Waals surface area (Å²) >= 11 is 2.94. The average molecular weight is 373 g/mol. The first-order chi connectivity index (χ1) is 9.83. The maximum atomic E-state index is 13.7. The van der Waals surface area contributed by atoms with Crippen LogP contribution in [0.4, 0.5) is 14.5 Å². The molecule has 4 nitrogen and oxygen atoms in total. The smallest absolute Gasteiger partial charge is 0.263 e. The molecular formula is C13H7BrF2N2O2S. The zero-order valence-corrected chi connectivity index (χ0v) is 12.7. The van der Waals surface area contributed by atoms with Crippen LogP contribution < -0.4 is 4.72 Å². The van der Waals surface area contributed by atoms with Gasteiger partial charge in [0.2, 0.25) is 0 Å². The Balaban J connectivity index is 2.40. The van der Waals surface area contributed by atoms with E-state index in [0.29, 0.717) is 0 Å². The maximum absolute atomic E-state index is 13.7. The van der Waals surface area contributed by atoms with Crippen molar-refractivity contribution >= 4 is 31.6 Å². The highest BCUT2D eigenvalue weighted by molar-refractivity contribution is 9.10. The van der Waals surface area contributed by atoms with Crippen molar-refractivity contribution in [2.24, 2.45) is 0 Å². The van der Waals surface area contributed by atoms with Crippen molar-refractivity contribution in [2.75, 3.05) is 4.72 Å². The molecule has 2 aromatic carbocycles. The van der Waals surface area contributed by atoms with Gasteiger partial charge >= 0.3 is 0 Å². The van der Waals surface area contributed by atoms with Crippen LogP contribution in [0.15, 0.2) is 45.8 Å². The molecule has 0 aliphatic heterocycles. The summed E-state index contributed by atoms with van der Waals surface area (Å²) in [5, 5.41) is 8.63. The molecule has 0 atom stereocenters. The van der Waals surface area contributed by atoms with E-state index in [1.807, 2.05) is 4.72 Å². The number of nitrogens with zero attached hydrogens (tertiary/aromatic N) is 1. The predicted molar refractivity (Wildman–Crippen MR) is 76.0 cm³/mol. The predicted octanol–water partition coefficient (Wildman–Crippen LogP) is 3.40. The number of benzene rings is 2. The third-order valence-electron chi connectivity index (χ3n) is 2.53.